The third kappa shape index (κ3) is 3.23. The Balaban J connectivity index is 1.85. The first-order valence-corrected chi connectivity index (χ1v) is 7.17. The number of carbonyl (C=O) groups is 1. The van der Waals surface area contributed by atoms with E-state index in [-0.39, 0.29) is 0 Å². The molecule has 2 nitrogen and oxygen atoms in total. The van der Waals surface area contributed by atoms with E-state index in [9.17, 15) is 4.79 Å². The van der Waals surface area contributed by atoms with Crippen LogP contribution in [0.3, 0.4) is 0 Å². The summed E-state index contributed by atoms with van der Waals surface area (Å²) in [4.78, 5) is 14.5. The molecular formula is C14H25NO. The van der Waals surface area contributed by atoms with Crippen molar-refractivity contribution in [1.29, 1.82) is 0 Å². The lowest BCUT2D eigenvalue weighted by molar-refractivity contribution is -0.136. The van der Waals surface area contributed by atoms with Gasteiger partial charge in [-0.25, -0.2) is 0 Å². The third-order valence-electron chi connectivity index (χ3n) is 4.12. The number of rotatable bonds is 1. The fourth-order valence-electron chi connectivity index (χ4n) is 3.08. The van der Waals surface area contributed by atoms with Gasteiger partial charge in [-0.3, -0.25) is 4.79 Å². The lowest BCUT2D eigenvalue weighted by Crippen LogP contribution is -2.38. The first-order valence-electron chi connectivity index (χ1n) is 7.17. The van der Waals surface area contributed by atoms with Gasteiger partial charge in [-0.15, -0.1) is 0 Å². The number of carbonyl (C=O) groups excluding carboxylic acids is 1. The van der Waals surface area contributed by atoms with Crippen LogP contribution in [-0.2, 0) is 4.79 Å². The smallest absolute Gasteiger partial charge is 0.225 e. The van der Waals surface area contributed by atoms with Crippen molar-refractivity contribution in [2.75, 3.05) is 13.1 Å². The van der Waals surface area contributed by atoms with Crippen LogP contribution in [0.5, 0.6) is 0 Å². The molecular weight excluding hydrogens is 198 g/mol. The van der Waals surface area contributed by atoms with Crippen LogP contribution in [0.2, 0.25) is 0 Å². The van der Waals surface area contributed by atoms with E-state index in [0.717, 1.165) is 25.9 Å². The molecule has 0 N–H and O–H groups in total. The first kappa shape index (κ1) is 11.9. The van der Waals surface area contributed by atoms with Gasteiger partial charge in [-0.05, 0) is 25.7 Å². The van der Waals surface area contributed by atoms with Gasteiger partial charge in [-0.2, -0.15) is 0 Å². The Morgan fingerprint density at radius 2 is 1.25 bits per heavy atom. The van der Waals surface area contributed by atoms with Crippen molar-refractivity contribution in [3.8, 4) is 0 Å². The van der Waals surface area contributed by atoms with Crippen LogP contribution in [0.15, 0.2) is 0 Å². The monoisotopic (exact) mass is 223 g/mol. The number of amides is 1. The summed E-state index contributed by atoms with van der Waals surface area (Å²) in [6, 6.07) is 0. The van der Waals surface area contributed by atoms with Crippen molar-refractivity contribution >= 4 is 5.91 Å². The van der Waals surface area contributed by atoms with Crippen LogP contribution in [0.4, 0.5) is 0 Å². The largest absolute Gasteiger partial charge is 0.342 e. The van der Waals surface area contributed by atoms with Gasteiger partial charge in [0.25, 0.3) is 0 Å². The summed E-state index contributed by atoms with van der Waals surface area (Å²) in [5.74, 6) is 0.842. The molecule has 0 aromatic heterocycles. The van der Waals surface area contributed by atoms with E-state index in [1.165, 1.54) is 51.4 Å². The van der Waals surface area contributed by atoms with Crippen molar-refractivity contribution in [1.82, 2.24) is 4.90 Å². The highest BCUT2D eigenvalue weighted by atomic mass is 16.2. The zero-order valence-corrected chi connectivity index (χ0v) is 10.4. The minimum absolute atomic E-state index is 0.369. The highest BCUT2D eigenvalue weighted by Gasteiger charge is 2.25. The second-order valence-electron chi connectivity index (χ2n) is 5.43. The predicted molar refractivity (Wildman–Crippen MR) is 66.2 cm³/mol. The molecule has 2 aliphatic rings. The molecule has 0 unspecified atom stereocenters. The number of nitrogens with zero attached hydrogens (tertiary/aromatic N) is 1. The lowest BCUT2D eigenvalue weighted by Gasteiger charge is -2.30. The summed E-state index contributed by atoms with van der Waals surface area (Å²) in [6.45, 7) is 2.05. The molecule has 1 saturated heterocycles. The van der Waals surface area contributed by atoms with E-state index < -0.39 is 0 Å². The van der Waals surface area contributed by atoms with Crippen LogP contribution in [0.25, 0.3) is 0 Å². The van der Waals surface area contributed by atoms with Crippen LogP contribution in [0, 0.1) is 5.92 Å². The van der Waals surface area contributed by atoms with Gasteiger partial charge in [0.15, 0.2) is 0 Å². The molecule has 92 valence electrons. The van der Waals surface area contributed by atoms with Crippen molar-refractivity contribution < 1.29 is 4.79 Å². The molecule has 2 rings (SSSR count). The Bertz CT molecular complexity index is 213. The van der Waals surface area contributed by atoms with Crippen LogP contribution in [0.1, 0.15) is 64.2 Å². The second kappa shape index (κ2) is 6.27. The van der Waals surface area contributed by atoms with E-state index in [1.54, 1.807) is 0 Å². The lowest BCUT2D eigenvalue weighted by atomic mass is 9.88. The molecule has 16 heavy (non-hydrogen) atoms. The molecule has 0 bridgehead atoms. The Morgan fingerprint density at radius 1 is 0.750 bits per heavy atom. The van der Waals surface area contributed by atoms with Crippen molar-refractivity contribution in [2.24, 2.45) is 5.92 Å². The molecule has 2 fully saturated rings. The summed E-state index contributed by atoms with van der Waals surface area (Å²) in [6.07, 6.45) is 12.6. The summed E-state index contributed by atoms with van der Waals surface area (Å²) >= 11 is 0. The average Bonchev–Trinajstić information content (AvgIpc) is 2.29. The minimum Gasteiger partial charge on any atom is -0.342 e. The molecule has 2 heteroatoms. The summed E-state index contributed by atoms with van der Waals surface area (Å²) in [7, 11) is 0. The normalized spacial score (nSPS) is 24.9. The first-order chi connectivity index (χ1) is 7.88. The fraction of sp³-hybridized carbons (Fsp3) is 0.929. The molecule has 1 saturated carbocycles. The van der Waals surface area contributed by atoms with Crippen molar-refractivity contribution in [3.05, 3.63) is 0 Å². The summed E-state index contributed by atoms with van der Waals surface area (Å²) < 4.78 is 0. The maximum absolute atomic E-state index is 12.3. The van der Waals surface area contributed by atoms with Crippen LogP contribution >= 0.6 is 0 Å². The predicted octanol–water partition coefficient (Wildman–Crippen LogP) is 3.36. The molecule has 1 aliphatic carbocycles. The van der Waals surface area contributed by atoms with Gasteiger partial charge in [0, 0.05) is 19.0 Å². The Hall–Kier alpha value is -0.530. The fourth-order valence-corrected chi connectivity index (χ4v) is 3.08. The van der Waals surface area contributed by atoms with E-state index >= 15 is 0 Å². The van der Waals surface area contributed by atoms with E-state index in [4.69, 9.17) is 0 Å². The summed E-state index contributed by atoms with van der Waals surface area (Å²) in [5.41, 5.74) is 0. The molecule has 1 amide bonds. The van der Waals surface area contributed by atoms with Gasteiger partial charge in [0.05, 0.1) is 0 Å². The van der Waals surface area contributed by atoms with Gasteiger partial charge < -0.3 is 4.90 Å². The zero-order chi connectivity index (χ0) is 11.2. The number of hydrogen-bond acceptors (Lipinski definition) is 1. The topological polar surface area (TPSA) is 20.3 Å². The van der Waals surface area contributed by atoms with Crippen molar-refractivity contribution in [3.63, 3.8) is 0 Å². The SMILES string of the molecule is O=C(C1CCCCC1)N1CCCCCCC1. The standard InChI is InChI=1S/C14H25NO/c16-14(13-9-5-4-6-10-13)15-11-7-2-1-3-8-12-15/h13H,1-12H2. The minimum atomic E-state index is 0.369. The van der Waals surface area contributed by atoms with E-state index in [2.05, 4.69) is 4.90 Å². The second-order valence-corrected chi connectivity index (χ2v) is 5.43. The molecule has 0 spiro atoms. The number of hydrogen-bond donors (Lipinski definition) is 0. The van der Waals surface area contributed by atoms with Gasteiger partial charge in [-0.1, -0.05) is 38.5 Å². The molecule has 1 aliphatic heterocycles. The molecule has 0 atom stereocenters. The quantitative estimate of drug-likeness (QED) is 0.667. The van der Waals surface area contributed by atoms with Gasteiger partial charge >= 0.3 is 0 Å². The Kier molecular flexibility index (Phi) is 4.68. The Labute approximate surface area is 99.4 Å². The van der Waals surface area contributed by atoms with Crippen LogP contribution in [-0.4, -0.2) is 23.9 Å². The molecule has 0 radical (unpaired) electrons. The highest BCUT2D eigenvalue weighted by Crippen LogP contribution is 2.26. The Morgan fingerprint density at radius 3 is 1.88 bits per heavy atom. The maximum Gasteiger partial charge on any atom is 0.225 e. The average molecular weight is 223 g/mol. The van der Waals surface area contributed by atoms with Gasteiger partial charge in [0.1, 0.15) is 0 Å². The zero-order valence-electron chi connectivity index (χ0n) is 10.4. The van der Waals surface area contributed by atoms with E-state index in [1.807, 2.05) is 0 Å². The number of likely N-dealkylation sites (tertiary alicyclic amines) is 1. The maximum atomic E-state index is 12.3. The molecule has 0 aromatic rings. The van der Waals surface area contributed by atoms with Crippen LogP contribution < -0.4 is 0 Å². The van der Waals surface area contributed by atoms with Crippen molar-refractivity contribution in [2.45, 2.75) is 64.2 Å². The molecule has 0 aromatic carbocycles. The third-order valence-corrected chi connectivity index (χ3v) is 4.12. The molecule has 1 heterocycles. The van der Waals surface area contributed by atoms with E-state index in [0.29, 0.717) is 11.8 Å². The van der Waals surface area contributed by atoms with Gasteiger partial charge in [0.2, 0.25) is 5.91 Å². The highest BCUT2D eigenvalue weighted by molar-refractivity contribution is 5.78. The summed E-state index contributed by atoms with van der Waals surface area (Å²) in [5, 5.41) is 0.